The number of nitrogens with zero attached hydrogens (tertiary/aromatic N) is 2. The van der Waals surface area contributed by atoms with E-state index in [0.29, 0.717) is 25.2 Å². The van der Waals surface area contributed by atoms with Gasteiger partial charge in [-0.1, -0.05) is 0 Å². The van der Waals surface area contributed by atoms with Crippen molar-refractivity contribution in [2.75, 3.05) is 20.3 Å². The smallest absolute Gasteiger partial charge is 0.344 e. The van der Waals surface area contributed by atoms with Gasteiger partial charge in [0.05, 0.1) is 12.3 Å². The second kappa shape index (κ2) is 6.88. The molecule has 0 saturated heterocycles. The number of esters is 1. The second-order valence-electron chi connectivity index (χ2n) is 4.58. The zero-order chi connectivity index (χ0) is 15.2. The molecule has 1 aromatic rings. The lowest BCUT2D eigenvalue weighted by Gasteiger charge is -2.19. The number of hydrogen-bond acceptors (Lipinski definition) is 5. The maximum atomic E-state index is 11.4. The lowest BCUT2D eigenvalue weighted by molar-refractivity contribution is -0.145. The monoisotopic (exact) mass is 290 g/mol. The molecule has 0 bridgehead atoms. The minimum atomic E-state index is -0.390. The first kappa shape index (κ1) is 15.0. The summed E-state index contributed by atoms with van der Waals surface area (Å²) in [4.78, 5) is 22.6. The molecule has 6 nitrogen and oxygen atoms in total. The van der Waals surface area contributed by atoms with Crippen LogP contribution in [0.1, 0.15) is 25.3 Å². The maximum absolute atomic E-state index is 11.4. The van der Waals surface area contributed by atoms with E-state index in [0.717, 1.165) is 11.3 Å². The normalized spacial score (nSPS) is 14.7. The SMILES string of the molecule is CCOC(=O)COc1ccc(C2=NN(C)C(=O)CC2)cc1. The van der Waals surface area contributed by atoms with Crippen LogP contribution in [0.2, 0.25) is 0 Å². The molecule has 1 heterocycles. The summed E-state index contributed by atoms with van der Waals surface area (Å²) in [7, 11) is 1.65. The molecular weight excluding hydrogens is 272 g/mol. The number of ether oxygens (including phenoxy) is 2. The Balaban J connectivity index is 1.97. The Hall–Kier alpha value is -2.37. The topological polar surface area (TPSA) is 68.2 Å². The van der Waals surface area contributed by atoms with Gasteiger partial charge >= 0.3 is 5.97 Å². The van der Waals surface area contributed by atoms with Crippen molar-refractivity contribution >= 4 is 17.6 Å². The van der Waals surface area contributed by atoms with Gasteiger partial charge in [0.1, 0.15) is 5.75 Å². The molecule has 21 heavy (non-hydrogen) atoms. The molecule has 0 atom stereocenters. The van der Waals surface area contributed by atoms with Gasteiger partial charge in [-0.2, -0.15) is 5.10 Å². The molecule has 0 spiro atoms. The molecule has 0 aromatic heterocycles. The second-order valence-corrected chi connectivity index (χ2v) is 4.58. The quantitative estimate of drug-likeness (QED) is 0.772. The number of benzene rings is 1. The van der Waals surface area contributed by atoms with Crippen molar-refractivity contribution < 1.29 is 19.1 Å². The number of hydrazone groups is 1. The fourth-order valence-electron chi connectivity index (χ4n) is 1.96. The summed E-state index contributed by atoms with van der Waals surface area (Å²) < 4.78 is 10.1. The van der Waals surface area contributed by atoms with Crippen LogP contribution in [-0.2, 0) is 14.3 Å². The fourth-order valence-corrected chi connectivity index (χ4v) is 1.96. The third-order valence-electron chi connectivity index (χ3n) is 3.06. The van der Waals surface area contributed by atoms with E-state index < -0.39 is 5.97 Å². The van der Waals surface area contributed by atoms with Crippen LogP contribution in [0.25, 0.3) is 0 Å². The van der Waals surface area contributed by atoms with E-state index in [2.05, 4.69) is 5.10 Å². The van der Waals surface area contributed by atoms with Crippen molar-refractivity contribution in [3.63, 3.8) is 0 Å². The van der Waals surface area contributed by atoms with Gasteiger partial charge in [0.2, 0.25) is 5.91 Å². The molecule has 1 aliphatic rings. The average molecular weight is 290 g/mol. The lowest BCUT2D eigenvalue weighted by atomic mass is 10.0. The van der Waals surface area contributed by atoms with Gasteiger partial charge in [-0.25, -0.2) is 9.80 Å². The summed E-state index contributed by atoms with van der Waals surface area (Å²) >= 11 is 0. The largest absolute Gasteiger partial charge is 0.482 e. The molecule has 0 radical (unpaired) electrons. The van der Waals surface area contributed by atoms with Gasteiger partial charge in [-0.05, 0) is 36.8 Å². The highest BCUT2D eigenvalue weighted by Crippen LogP contribution is 2.17. The molecule has 2 rings (SSSR count). The van der Waals surface area contributed by atoms with Crippen molar-refractivity contribution in [1.82, 2.24) is 5.01 Å². The molecule has 0 aliphatic carbocycles. The summed E-state index contributed by atoms with van der Waals surface area (Å²) in [5, 5.41) is 5.61. The van der Waals surface area contributed by atoms with Crippen LogP contribution in [0.15, 0.2) is 29.4 Å². The van der Waals surface area contributed by atoms with Gasteiger partial charge in [0.25, 0.3) is 0 Å². The third-order valence-corrected chi connectivity index (χ3v) is 3.06. The Morgan fingerprint density at radius 1 is 1.29 bits per heavy atom. The summed E-state index contributed by atoms with van der Waals surface area (Å²) in [5.74, 6) is 0.221. The zero-order valence-corrected chi connectivity index (χ0v) is 12.2. The van der Waals surface area contributed by atoms with E-state index in [1.165, 1.54) is 5.01 Å². The summed E-state index contributed by atoms with van der Waals surface area (Å²) in [6.45, 7) is 1.98. The number of amides is 1. The van der Waals surface area contributed by atoms with Crippen molar-refractivity contribution in [3.05, 3.63) is 29.8 Å². The van der Waals surface area contributed by atoms with Crippen molar-refractivity contribution in [2.45, 2.75) is 19.8 Å². The Morgan fingerprint density at radius 3 is 2.62 bits per heavy atom. The lowest BCUT2D eigenvalue weighted by Crippen LogP contribution is -2.28. The molecule has 6 heteroatoms. The van der Waals surface area contributed by atoms with Crippen LogP contribution >= 0.6 is 0 Å². The van der Waals surface area contributed by atoms with E-state index in [1.807, 2.05) is 12.1 Å². The fraction of sp³-hybridized carbons (Fsp3) is 0.400. The van der Waals surface area contributed by atoms with Crippen molar-refractivity contribution in [2.24, 2.45) is 5.10 Å². The van der Waals surface area contributed by atoms with E-state index in [9.17, 15) is 9.59 Å². The number of rotatable bonds is 5. The molecule has 1 aliphatic heterocycles. The predicted molar refractivity (Wildman–Crippen MR) is 77.1 cm³/mol. The van der Waals surface area contributed by atoms with Crippen LogP contribution < -0.4 is 4.74 Å². The first-order valence-corrected chi connectivity index (χ1v) is 6.83. The zero-order valence-electron chi connectivity index (χ0n) is 12.2. The minimum Gasteiger partial charge on any atom is -0.482 e. The molecule has 0 fully saturated rings. The van der Waals surface area contributed by atoms with Crippen molar-refractivity contribution in [1.29, 1.82) is 0 Å². The maximum Gasteiger partial charge on any atom is 0.344 e. The van der Waals surface area contributed by atoms with Crippen LogP contribution in [0, 0.1) is 0 Å². The van der Waals surface area contributed by atoms with E-state index in [1.54, 1.807) is 26.1 Å². The van der Waals surface area contributed by atoms with E-state index in [-0.39, 0.29) is 12.5 Å². The van der Waals surface area contributed by atoms with Crippen LogP contribution in [0.3, 0.4) is 0 Å². The number of carbonyl (C=O) groups is 2. The highest BCUT2D eigenvalue weighted by Gasteiger charge is 2.17. The van der Waals surface area contributed by atoms with Gasteiger partial charge in [0.15, 0.2) is 6.61 Å². The highest BCUT2D eigenvalue weighted by atomic mass is 16.6. The number of carbonyl (C=O) groups excluding carboxylic acids is 2. The van der Waals surface area contributed by atoms with Crippen LogP contribution in [0.4, 0.5) is 0 Å². The Kier molecular flexibility index (Phi) is 4.92. The standard InChI is InChI=1S/C15H18N2O4/c1-3-20-15(19)10-21-12-6-4-11(5-7-12)13-8-9-14(18)17(2)16-13/h4-7H,3,8-10H2,1-2H3. The van der Waals surface area contributed by atoms with Gasteiger partial charge in [0, 0.05) is 19.9 Å². The molecule has 0 saturated carbocycles. The Labute approximate surface area is 123 Å². The third kappa shape index (κ3) is 4.05. The molecule has 112 valence electrons. The average Bonchev–Trinajstić information content (AvgIpc) is 2.49. The van der Waals surface area contributed by atoms with Crippen molar-refractivity contribution in [3.8, 4) is 5.75 Å². The predicted octanol–water partition coefficient (Wildman–Crippen LogP) is 1.58. The van der Waals surface area contributed by atoms with Gasteiger partial charge < -0.3 is 9.47 Å². The first-order valence-electron chi connectivity index (χ1n) is 6.83. The van der Waals surface area contributed by atoms with E-state index >= 15 is 0 Å². The van der Waals surface area contributed by atoms with Gasteiger partial charge in [-0.3, -0.25) is 4.79 Å². The summed E-state index contributed by atoms with van der Waals surface area (Å²) in [6.07, 6.45) is 1.10. The van der Waals surface area contributed by atoms with Gasteiger partial charge in [-0.15, -0.1) is 0 Å². The number of hydrogen-bond donors (Lipinski definition) is 0. The summed E-state index contributed by atoms with van der Waals surface area (Å²) in [6, 6.07) is 7.27. The summed E-state index contributed by atoms with van der Waals surface area (Å²) in [5.41, 5.74) is 1.81. The Bertz CT molecular complexity index is 551. The minimum absolute atomic E-state index is 0.0214. The molecular formula is C15H18N2O4. The molecule has 1 aromatic carbocycles. The van der Waals surface area contributed by atoms with E-state index in [4.69, 9.17) is 9.47 Å². The molecule has 1 amide bonds. The first-order chi connectivity index (χ1) is 10.1. The Morgan fingerprint density at radius 2 is 2.00 bits per heavy atom. The molecule has 0 N–H and O–H groups in total. The van der Waals surface area contributed by atoms with Crippen LogP contribution in [-0.4, -0.2) is 42.9 Å². The highest BCUT2D eigenvalue weighted by molar-refractivity contribution is 6.04. The van der Waals surface area contributed by atoms with Crippen LogP contribution in [0.5, 0.6) is 5.75 Å². The molecule has 0 unspecified atom stereocenters.